The molecular formula is C9H3F4NO6S. The first kappa shape index (κ1) is 15.0. The number of aromatic carboxylic acids is 1. The molecule has 0 aliphatic carbocycles. The average molecular weight is 329 g/mol. The highest BCUT2D eigenvalue weighted by Gasteiger charge is 2.49. The third kappa shape index (κ3) is 2.49. The lowest BCUT2D eigenvalue weighted by Crippen LogP contribution is -2.28. The highest BCUT2D eigenvalue weighted by atomic mass is 32.2. The van der Waals surface area contributed by atoms with Gasteiger partial charge in [-0.3, -0.25) is 4.98 Å². The monoisotopic (exact) mass is 329 g/mol. The lowest BCUT2D eigenvalue weighted by atomic mass is 10.3. The van der Waals surface area contributed by atoms with Gasteiger partial charge in [0.05, 0.1) is 11.6 Å². The number of nitrogens with zero attached hydrogens (tertiary/aromatic N) is 1. The SMILES string of the molecule is O=C(O)c1oc2c(F)cncc2c1OS(=O)(=O)C(F)(F)F. The Bertz CT molecular complexity index is 825. The number of alkyl halides is 3. The molecule has 0 unspecified atom stereocenters. The van der Waals surface area contributed by atoms with Crippen molar-refractivity contribution in [2.45, 2.75) is 5.51 Å². The van der Waals surface area contributed by atoms with Gasteiger partial charge in [-0.15, -0.1) is 0 Å². The number of carbonyl (C=O) groups is 1. The molecule has 0 aliphatic heterocycles. The van der Waals surface area contributed by atoms with Gasteiger partial charge in [-0.05, 0) is 0 Å². The summed E-state index contributed by atoms with van der Waals surface area (Å²) < 4.78 is 80.2. The first-order chi connectivity index (χ1) is 9.54. The summed E-state index contributed by atoms with van der Waals surface area (Å²) in [6, 6.07) is 0. The van der Waals surface area contributed by atoms with Gasteiger partial charge in [-0.2, -0.15) is 21.6 Å². The Morgan fingerprint density at radius 1 is 1.33 bits per heavy atom. The van der Waals surface area contributed by atoms with Crippen LogP contribution in [0, 0.1) is 5.82 Å². The molecule has 0 bridgehead atoms. The van der Waals surface area contributed by atoms with Gasteiger partial charge >= 0.3 is 21.6 Å². The maximum Gasteiger partial charge on any atom is 0.534 e. The molecule has 0 spiro atoms. The summed E-state index contributed by atoms with van der Waals surface area (Å²) in [7, 11) is -6.15. The van der Waals surface area contributed by atoms with E-state index in [0.29, 0.717) is 12.4 Å². The molecule has 2 rings (SSSR count). The minimum Gasteiger partial charge on any atom is -0.475 e. The van der Waals surface area contributed by atoms with E-state index in [1.165, 1.54) is 0 Å². The highest BCUT2D eigenvalue weighted by molar-refractivity contribution is 7.88. The Morgan fingerprint density at radius 3 is 2.48 bits per heavy atom. The standard InChI is InChI=1S/C9H3F4NO6S/c10-4-2-14-1-3-5(4)19-7(8(15)16)6(3)20-21(17,18)9(11,12)13/h1-2H,(H,15,16). The van der Waals surface area contributed by atoms with Crippen LogP contribution in [0.15, 0.2) is 16.8 Å². The molecule has 0 radical (unpaired) electrons. The van der Waals surface area contributed by atoms with Crippen molar-refractivity contribution in [1.29, 1.82) is 0 Å². The van der Waals surface area contributed by atoms with Crippen LogP contribution in [0.5, 0.6) is 5.75 Å². The highest BCUT2D eigenvalue weighted by Crippen LogP contribution is 2.37. The van der Waals surface area contributed by atoms with Crippen molar-refractivity contribution >= 4 is 27.1 Å². The van der Waals surface area contributed by atoms with Gasteiger partial charge in [0.1, 0.15) is 0 Å². The van der Waals surface area contributed by atoms with Gasteiger partial charge in [-0.25, -0.2) is 9.18 Å². The van der Waals surface area contributed by atoms with Crippen molar-refractivity contribution < 1.29 is 44.5 Å². The number of hydrogen-bond acceptors (Lipinski definition) is 6. The van der Waals surface area contributed by atoms with Crippen LogP contribution in [0.3, 0.4) is 0 Å². The molecule has 0 fully saturated rings. The number of pyridine rings is 1. The molecule has 21 heavy (non-hydrogen) atoms. The summed E-state index contributed by atoms with van der Waals surface area (Å²) in [6.07, 6.45) is 1.30. The van der Waals surface area contributed by atoms with E-state index in [2.05, 4.69) is 13.6 Å². The van der Waals surface area contributed by atoms with E-state index < -0.39 is 49.9 Å². The smallest absolute Gasteiger partial charge is 0.475 e. The fourth-order valence-corrected chi connectivity index (χ4v) is 1.82. The van der Waals surface area contributed by atoms with Crippen LogP contribution < -0.4 is 4.18 Å². The van der Waals surface area contributed by atoms with Crippen LogP contribution in [-0.4, -0.2) is 30.0 Å². The average Bonchev–Trinajstić information content (AvgIpc) is 2.68. The molecule has 0 saturated heterocycles. The second kappa shape index (κ2) is 4.58. The maximum absolute atomic E-state index is 13.3. The number of carboxylic acids is 1. The number of hydrogen-bond donors (Lipinski definition) is 1. The van der Waals surface area contributed by atoms with Crippen LogP contribution in [0.1, 0.15) is 10.6 Å². The van der Waals surface area contributed by atoms with E-state index in [-0.39, 0.29) is 0 Å². The Balaban J connectivity index is 2.71. The Hall–Kier alpha value is -2.37. The Labute approximate surface area is 112 Å². The molecule has 0 atom stereocenters. The predicted molar refractivity (Wildman–Crippen MR) is 56.5 cm³/mol. The third-order valence-electron chi connectivity index (χ3n) is 2.18. The van der Waals surface area contributed by atoms with Gasteiger partial charge in [0, 0.05) is 6.20 Å². The van der Waals surface area contributed by atoms with Crippen molar-refractivity contribution in [2.24, 2.45) is 0 Å². The zero-order chi connectivity index (χ0) is 16.0. The molecule has 2 aromatic heterocycles. The van der Waals surface area contributed by atoms with Crippen LogP contribution >= 0.6 is 0 Å². The number of halogens is 4. The number of carboxylic acid groups (broad SMARTS) is 1. The third-order valence-corrected chi connectivity index (χ3v) is 3.13. The number of furan rings is 1. The van der Waals surface area contributed by atoms with Crippen LogP contribution in [0.25, 0.3) is 11.0 Å². The minimum absolute atomic E-state index is 0.597. The molecule has 114 valence electrons. The molecule has 0 amide bonds. The number of aromatic nitrogens is 1. The molecule has 0 saturated carbocycles. The van der Waals surface area contributed by atoms with E-state index in [9.17, 15) is 30.8 Å². The summed E-state index contributed by atoms with van der Waals surface area (Å²) in [6.45, 7) is 0. The van der Waals surface area contributed by atoms with Crippen molar-refractivity contribution in [3.05, 3.63) is 24.0 Å². The fraction of sp³-hybridized carbons (Fsp3) is 0.111. The topological polar surface area (TPSA) is 107 Å². The van der Waals surface area contributed by atoms with E-state index in [0.717, 1.165) is 0 Å². The summed E-state index contributed by atoms with van der Waals surface area (Å²) >= 11 is 0. The molecule has 12 heteroatoms. The Kier molecular flexibility index (Phi) is 3.28. The minimum atomic E-state index is -6.15. The zero-order valence-electron chi connectivity index (χ0n) is 9.51. The van der Waals surface area contributed by atoms with Crippen LogP contribution in [0.2, 0.25) is 0 Å². The fourth-order valence-electron chi connectivity index (χ4n) is 1.34. The molecule has 1 N–H and O–H groups in total. The quantitative estimate of drug-likeness (QED) is 0.520. The lowest BCUT2D eigenvalue weighted by Gasteiger charge is -2.08. The molecule has 0 aliphatic rings. The van der Waals surface area contributed by atoms with Crippen molar-refractivity contribution in [2.75, 3.05) is 0 Å². The summed E-state index contributed by atoms with van der Waals surface area (Å²) in [4.78, 5) is 14.1. The maximum atomic E-state index is 13.3. The molecular weight excluding hydrogens is 326 g/mol. The van der Waals surface area contributed by atoms with Gasteiger partial charge in [0.25, 0.3) is 5.76 Å². The van der Waals surface area contributed by atoms with E-state index in [1.807, 2.05) is 0 Å². The van der Waals surface area contributed by atoms with E-state index in [4.69, 9.17) is 5.11 Å². The second-order valence-corrected chi connectivity index (χ2v) is 5.08. The van der Waals surface area contributed by atoms with E-state index >= 15 is 0 Å². The first-order valence-corrected chi connectivity index (χ1v) is 6.25. The normalized spacial score (nSPS) is 12.6. The van der Waals surface area contributed by atoms with Gasteiger partial charge < -0.3 is 13.7 Å². The molecule has 2 aromatic rings. The second-order valence-electron chi connectivity index (χ2n) is 3.55. The molecule has 7 nitrogen and oxygen atoms in total. The van der Waals surface area contributed by atoms with Crippen molar-refractivity contribution in [3.8, 4) is 5.75 Å². The number of rotatable bonds is 3. The summed E-state index contributed by atoms with van der Waals surface area (Å²) in [5.74, 6) is -5.75. The van der Waals surface area contributed by atoms with Crippen molar-refractivity contribution in [1.82, 2.24) is 4.98 Å². The van der Waals surface area contributed by atoms with Crippen LogP contribution in [-0.2, 0) is 10.1 Å². The van der Waals surface area contributed by atoms with Gasteiger partial charge in [0.2, 0.25) is 5.75 Å². The number of fused-ring (bicyclic) bond motifs is 1. The Morgan fingerprint density at radius 2 is 1.95 bits per heavy atom. The predicted octanol–water partition coefficient (Wildman–Crippen LogP) is 1.89. The lowest BCUT2D eigenvalue weighted by molar-refractivity contribution is -0.0500. The van der Waals surface area contributed by atoms with Gasteiger partial charge in [0.15, 0.2) is 11.4 Å². The largest absolute Gasteiger partial charge is 0.534 e. The van der Waals surface area contributed by atoms with Crippen LogP contribution in [0.4, 0.5) is 17.6 Å². The molecule has 0 aromatic carbocycles. The molecule has 2 heterocycles. The zero-order valence-corrected chi connectivity index (χ0v) is 10.3. The van der Waals surface area contributed by atoms with Gasteiger partial charge in [-0.1, -0.05) is 0 Å². The summed E-state index contributed by atoms with van der Waals surface area (Å²) in [5.41, 5.74) is -6.59. The first-order valence-electron chi connectivity index (χ1n) is 4.84. The summed E-state index contributed by atoms with van der Waals surface area (Å²) in [5, 5.41) is 8.10. The van der Waals surface area contributed by atoms with E-state index in [1.54, 1.807) is 0 Å². The van der Waals surface area contributed by atoms with Crippen molar-refractivity contribution in [3.63, 3.8) is 0 Å².